The lowest BCUT2D eigenvalue weighted by molar-refractivity contribution is -0.00885. The molecule has 2 heterocycles. The summed E-state index contributed by atoms with van der Waals surface area (Å²) in [6.07, 6.45) is 6.27. The molecule has 2 aliphatic rings. The van der Waals surface area contributed by atoms with E-state index in [-0.39, 0.29) is 6.09 Å². The molecule has 0 aromatic heterocycles. The van der Waals surface area contributed by atoms with Crippen LogP contribution in [0.15, 0.2) is 28.8 Å². The van der Waals surface area contributed by atoms with Crippen LogP contribution in [-0.2, 0) is 4.74 Å². The third-order valence-electron chi connectivity index (χ3n) is 5.26. The van der Waals surface area contributed by atoms with E-state index in [9.17, 15) is 4.79 Å². The van der Waals surface area contributed by atoms with Crippen LogP contribution in [0.25, 0.3) is 0 Å². The van der Waals surface area contributed by atoms with Gasteiger partial charge in [-0.3, -0.25) is 9.89 Å². The van der Waals surface area contributed by atoms with E-state index in [1.54, 1.807) is 0 Å². The average molecular weight is 391 g/mol. The summed E-state index contributed by atoms with van der Waals surface area (Å²) in [4.78, 5) is 23.1. The van der Waals surface area contributed by atoms with Crippen molar-refractivity contribution in [2.24, 2.45) is 10.9 Å². The number of rotatable bonds is 6. The molecule has 0 bridgehead atoms. The number of allylic oxidation sites excluding steroid dienone is 2. The molecule has 2 fully saturated rings. The van der Waals surface area contributed by atoms with Gasteiger partial charge in [-0.25, -0.2) is 4.79 Å². The number of likely N-dealkylation sites (tertiary alicyclic amines) is 1. The second-order valence-corrected chi connectivity index (χ2v) is 8.89. The molecule has 2 aliphatic heterocycles. The number of carbonyl (C=O) groups excluding carboxylic acids is 1. The lowest BCUT2D eigenvalue weighted by atomic mass is 10.00. The monoisotopic (exact) mass is 390 g/mol. The molecule has 6 nitrogen and oxygen atoms in total. The van der Waals surface area contributed by atoms with Crippen LogP contribution < -0.4 is 0 Å². The van der Waals surface area contributed by atoms with E-state index in [2.05, 4.69) is 39.9 Å². The second kappa shape index (κ2) is 10.2. The Bertz CT molecular complexity index is 605. The Kier molecular flexibility index (Phi) is 8.25. The quantitative estimate of drug-likeness (QED) is 0.517. The van der Waals surface area contributed by atoms with Gasteiger partial charge in [-0.2, -0.15) is 0 Å². The summed E-state index contributed by atoms with van der Waals surface area (Å²) in [7, 11) is 1.82. The first kappa shape index (κ1) is 22.6. The Morgan fingerprint density at radius 3 is 2.25 bits per heavy atom. The van der Waals surface area contributed by atoms with E-state index in [0.29, 0.717) is 5.92 Å². The maximum Gasteiger partial charge on any atom is 0.410 e. The van der Waals surface area contributed by atoms with Gasteiger partial charge in [0.15, 0.2) is 0 Å². The first-order valence-electron chi connectivity index (χ1n) is 10.4. The number of aliphatic imine (C=N–C) groups is 1. The molecular formula is C22H38N4O2. The van der Waals surface area contributed by atoms with Crippen molar-refractivity contribution in [1.82, 2.24) is 14.7 Å². The zero-order chi connectivity index (χ0) is 20.7. The lowest BCUT2D eigenvalue weighted by Crippen LogP contribution is -2.57. The predicted molar refractivity (Wildman–Crippen MR) is 116 cm³/mol. The topological polar surface area (TPSA) is 48.4 Å². The van der Waals surface area contributed by atoms with Gasteiger partial charge in [-0.05, 0) is 46.3 Å². The largest absolute Gasteiger partial charge is 0.444 e. The smallest absolute Gasteiger partial charge is 0.410 e. The van der Waals surface area contributed by atoms with Crippen molar-refractivity contribution >= 4 is 11.8 Å². The number of ether oxygens (including phenoxy) is 1. The summed E-state index contributed by atoms with van der Waals surface area (Å²) in [5.41, 5.74) is 1.97. The number of nitrogens with zero attached hydrogens (tertiary/aromatic N) is 4. The van der Waals surface area contributed by atoms with Gasteiger partial charge in [-0.1, -0.05) is 12.2 Å². The van der Waals surface area contributed by atoms with Crippen LogP contribution >= 0.6 is 0 Å². The molecule has 0 spiro atoms. The molecular weight excluding hydrogens is 352 g/mol. The Hall–Kier alpha value is -1.66. The van der Waals surface area contributed by atoms with Crippen molar-refractivity contribution in [3.63, 3.8) is 0 Å². The van der Waals surface area contributed by atoms with E-state index >= 15 is 0 Å². The molecule has 28 heavy (non-hydrogen) atoms. The molecule has 0 N–H and O–H groups in total. The maximum atomic E-state index is 12.0. The predicted octanol–water partition coefficient (Wildman–Crippen LogP) is 3.06. The molecule has 0 aromatic carbocycles. The van der Waals surface area contributed by atoms with Crippen molar-refractivity contribution in [3.8, 4) is 0 Å². The van der Waals surface area contributed by atoms with Gasteiger partial charge in [-0.15, -0.1) is 0 Å². The Morgan fingerprint density at radius 1 is 1.11 bits per heavy atom. The molecule has 0 unspecified atom stereocenters. The molecule has 6 heteroatoms. The highest BCUT2D eigenvalue weighted by atomic mass is 16.6. The molecule has 2 saturated heterocycles. The van der Waals surface area contributed by atoms with Crippen molar-refractivity contribution in [2.75, 3.05) is 59.4 Å². The normalized spacial score (nSPS) is 21.3. The first-order chi connectivity index (χ1) is 13.2. The van der Waals surface area contributed by atoms with E-state index < -0.39 is 5.60 Å². The number of piperazine rings is 1. The van der Waals surface area contributed by atoms with Gasteiger partial charge in [0.1, 0.15) is 5.60 Å². The second-order valence-electron chi connectivity index (χ2n) is 8.89. The summed E-state index contributed by atoms with van der Waals surface area (Å²) in [5.74, 6) is 0.574. The van der Waals surface area contributed by atoms with Gasteiger partial charge in [0.05, 0.1) is 0 Å². The zero-order valence-electron chi connectivity index (χ0n) is 18.6. The molecule has 0 radical (unpaired) electrons. The number of hydrogen-bond acceptors (Lipinski definition) is 5. The van der Waals surface area contributed by atoms with Crippen LogP contribution in [0.3, 0.4) is 0 Å². The van der Waals surface area contributed by atoms with Gasteiger partial charge in [0, 0.05) is 71.0 Å². The van der Waals surface area contributed by atoms with Crippen LogP contribution in [0, 0.1) is 5.92 Å². The zero-order valence-corrected chi connectivity index (χ0v) is 18.6. The summed E-state index contributed by atoms with van der Waals surface area (Å²) < 4.78 is 5.43. The minimum absolute atomic E-state index is 0.177. The van der Waals surface area contributed by atoms with Crippen LogP contribution in [-0.4, -0.2) is 91.5 Å². The Morgan fingerprint density at radius 2 is 1.71 bits per heavy atom. The standard InChI is InChI=1S/C22H38N4O2/c1-7-19(9-8-18(2)23-6)14-24-10-12-25(13-11-24)15-20-16-26(17-20)21(27)28-22(3,4)5/h7-9,20H,10-17H2,1-6H3/b9-8-,19-7+,23-18?. The fraction of sp³-hybridized carbons (Fsp3) is 0.727. The summed E-state index contributed by atoms with van der Waals surface area (Å²) in [5, 5.41) is 0. The summed E-state index contributed by atoms with van der Waals surface area (Å²) in [6.45, 7) is 17.9. The first-order valence-corrected chi connectivity index (χ1v) is 10.4. The van der Waals surface area contributed by atoms with Crippen molar-refractivity contribution in [1.29, 1.82) is 0 Å². The molecule has 2 rings (SSSR count). The Labute approximate surface area is 170 Å². The van der Waals surface area contributed by atoms with E-state index in [1.165, 1.54) is 5.57 Å². The molecule has 0 aliphatic carbocycles. The van der Waals surface area contributed by atoms with E-state index in [4.69, 9.17) is 4.74 Å². The highest BCUT2D eigenvalue weighted by molar-refractivity contribution is 5.93. The van der Waals surface area contributed by atoms with E-state index in [0.717, 1.165) is 58.1 Å². The van der Waals surface area contributed by atoms with Gasteiger partial charge >= 0.3 is 6.09 Å². The minimum Gasteiger partial charge on any atom is -0.444 e. The third kappa shape index (κ3) is 7.40. The average Bonchev–Trinajstić information content (AvgIpc) is 2.60. The van der Waals surface area contributed by atoms with Crippen molar-refractivity contribution < 1.29 is 9.53 Å². The van der Waals surface area contributed by atoms with Crippen LogP contribution in [0.4, 0.5) is 4.79 Å². The summed E-state index contributed by atoms with van der Waals surface area (Å²) in [6, 6.07) is 0. The summed E-state index contributed by atoms with van der Waals surface area (Å²) >= 11 is 0. The third-order valence-corrected chi connectivity index (χ3v) is 5.26. The molecule has 0 saturated carbocycles. The minimum atomic E-state index is -0.415. The Balaban J connectivity index is 1.67. The SMILES string of the molecule is C/C=C(\C=C/C(C)=NC)CN1CCN(CC2CN(C(=O)OC(C)(C)C)C2)CC1. The van der Waals surface area contributed by atoms with Gasteiger partial charge in [0.25, 0.3) is 0 Å². The van der Waals surface area contributed by atoms with Gasteiger partial charge in [0.2, 0.25) is 0 Å². The molecule has 0 atom stereocenters. The number of amides is 1. The van der Waals surface area contributed by atoms with Crippen molar-refractivity contribution in [2.45, 2.75) is 40.2 Å². The van der Waals surface area contributed by atoms with Crippen LogP contribution in [0.5, 0.6) is 0 Å². The maximum absolute atomic E-state index is 12.0. The fourth-order valence-corrected chi connectivity index (χ4v) is 3.46. The molecule has 1 amide bonds. The van der Waals surface area contributed by atoms with Crippen molar-refractivity contribution in [3.05, 3.63) is 23.8 Å². The number of carbonyl (C=O) groups is 1. The highest BCUT2D eigenvalue weighted by Crippen LogP contribution is 2.21. The molecule has 0 aromatic rings. The lowest BCUT2D eigenvalue weighted by Gasteiger charge is -2.43. The highest BCUT2D eigenvalue weighted by Gasteiger charge is 2.35. The van der Waals surface area contributed by atoms with Crippen LogP contribution in [0.2, 0.25) is 0 Å². The van der Waals surface area contributed by atoms with E-state index in [1.807, 2.05) is 39.6 Å². The fourth-order valence-electron chi connectivity index (χ4n) is 3.46. The molecule has 158 valence electrons. The van der Waals surface area contributed by atoms with Crippen LogP contribution in [0.1, 0.15) is 34.6 Å². The van der Waals surface area contributed by atoms with Gasteiger partial charge < -0.3 is 14.5 Å². The number of hydrogen-bond donors (Lipinski definition) is 0.